The summed E-state index contributed by atoms with van der Waals surface area (Å²) in [4.78, 5) is 76.1. The summed E-state index contributed by atoms with van der Waals surface area (Å²) in [5.74, 6) is -1.28. The van der Waals surface area contributed by atoms with Gasteiger partial charge < -0.3 is 30.0 Å². The Morgan fingerprint density at radius 2 is 1.69 bits per heavy atom. The number of para-hydroxylation sites is 1. The average molecular weight is 816 g/mol. The summed E-state index contributed by atoms with van der Waals surface area (Å²) in [5.41, 5.74) is -0.616. The minimum atomic E-state index is -3.87. The predicted octanol–water partition coefficient (Wildman–Crippen LogP) is 4.12. The Morgan fingerprint density at radius 3 is 2.47 bits per heavy atom. The lowest BCUT2D eigenvalue weighted by atomic mass is 9.96. The van der Waals surface area contributed by atoms with E-state index in [0.717, 1.165) is 70.6 Å². The molecule has 2 bridgehead atoms. The number of benzene rings is 1. The zero-order chi connectivity index (χ0) is 40.0. The predicted molar refractivity (Wildman–Crippen MR) is 212 cm³/mol. The van der Waals surface area contributed by atoms with E-state index in [1.54, 1.807) is 6.07 Å². The topological polar surface area (TPSA) is 193 Å². The van der Waals surface area contributed by atoms with Gasteiger partial charge in [-0.15, -0.1) is 0 Å². The van der Waals surface area contributed by atoms with Gasteiger partial charge >= 0.3 is 6.09 Å². The summed E-state index contributed by atoms with van der Waals surface area (Å²) in [6.07, 6.45) is 13.6. The van der Waals surface area contributed by atoms with Crippen LogP contribution in [0.1, 0.15) is 102 Å². The number of aromatic nitrogens is 1. The monoisotopic (exact) mass is 815 g/mol. The van der Waals surface area contributed by atoms with Crippen LogP contribution in [0.4, 0.5) is 4.79 Å². The van der Waals surface area contributed by atoms with Gasteiger partial charge in [-0.05, 0) is 119 Å². The quantitative estimate of drug-likeness (QED) is 0.298. The molecule has 1 aromatic carbocycles. The van der Waals surface area contributed by atoms with Crippen LogP contribution in [0.5, 0.6) is 5.88 Å². The van der Waals surface area contributed by atoms with Crippen molar-refractivity contribution in [3.63, 3.8) is 0 Å². The Labute approximate surface area is 337 Å². The molecule has 1 aromatic heterocycles. The summed E-state index contributed by atoms with van der Waals surface area (Å²) >= 11 is 0. The number of hydrogen-bond donors (Lipinski definition) is 4. The van der Waals surface area contributed by atoms with Crippen LogP contribution in [-0.2, 0) is 35.6 Å². The molecule has 10 rings (SSSR count). The van der Waals surface area contributed by atoms with E-state index in [1.165, 1.54) is 4.90 Å². The second-order valence-electron chi connectivity index (χ2n) is 18.6. The number of hydrogen-bond acceptors (Lipinski definition) is 9. The van der Waals surface area contributed by atoms with Crippen LogP contribution in [-0.4, -0.2) is 83.7 Å². The van der Waals surface area contributed by atoms with E-state index >= 15 is 0 Å². The zero-order valence-electron chi connectivity index (χ0n) is 32.7. The fourth-order valence-electron chi connectivity index (χ4n) is 11.1. The lowest BCUT2D eigenvalue weighted by molar-refractivity contribution is -0.142. The van der Waals surface area contributed by atoms with Gasteiger partial charge in [-0.3, -0.25) is 23.9 Å². The first-order valence-corrected chi connectivity index (χ1v) is 23.1. The number of aromatic amines is 1. The highest BCUT2D eigenvalue weighted by Crippen LogP contribution is 2.65. The van der Waals surface area contributed by atoms with Crippen LogP contribution in [0.2, 0.25) is 0 Å². The summed E-state index contributed by atoms with van der Waals surface area (Å²) in [6.45, 7) is -0.0181. The standard InChI is InChI=1S/C43H53N5O9S/c49-36-29-11-5-6-13-32(29)44-38-30(36)12-4-3-10-26-21-42(26)19-7-14-34(42)57-41(53)45-35(25-8-1-2-9-25)39(51)48-23-27(56-38)20-33(48)37(50)46-43(22-31(43)24-15-16-24)40(52)47-58(54,55)28-17-18-28/h3-6,11,13,24-28,31,33-35H,1-2,7-10,12,14-23H2,(H,44,49)(H,45,53)(H,46,50)(H,47,52)/b4-3+/t26?,27-,31+,33+,34-,35+,42?,43-/m1/s1. The van der Waals surface area contributed by atoms with Crippen molar-refractivity contribution >= 4 is 44.7 Å². The normalized spacial score (nSPS) is 35.6. The summed E-state index contributed by atoms with van der Waals surface area (Å²) in [6, 6.07) is 5.19. The van der Waals surface area contributed by atoms with Crippen molar-refractivity contribution in [1.82, 2.24) is 25.2 Å². The molecular weight excluding hydrogens is 763 g/mol. The van der Waals surface area contributed by atoms with Gasteiger partial charge in [-0.2, -0.15) is 0 Å². The first kappa shape index (κ1) is 37.8. The number of nitrogens with one attached hydrogen (secondary N) is 4. The SMILES string of the molecule is O=C1N[C@@H](C2CCCC2)C(=O)N2C[C@@H](C[C@H]2C(=O)N[C@]2(C(=O)NS(=O)(=O)C3CC3)C[C@H]2C2CC2)Oc2[nH]c3ccccc3c(=O)c2C/C=C/CC2CC23CCC[C@H]3O1. The van der Waals surface area contributed by atoms with E-state index in [2.05, 4.69) is 26.4 Å². The third kappa shape index (κ3) is 6.78. The molecule has 15 heteroatoms. The van der Waals surface area contributed by atoms with Crippen LogP contribution in [0.3, 0.4) is 0 Å². The van der Waals surface area contributed by atoms with Crippen molar-refractivity contribution in [2.45, 2.75) is 138 Å². The third-order valence-corrected chi connectivity index (χ3v) is 16.7. The molecule has 1 saturated heterocycles. The lowest BCUT2D eigenvalue weighted by Crippen LogP contribution is -2.59. The van der Waals surface area contributed by atoms with E-state index in [-0.39, 0.29) is 53.5 Å². The van der Waals surface area contributed by atoms with Gasteiger partial charge in [0.05, 0.1) is 22.9 Å². The highest BCUT2D eigenvalue weighted by atomic mass is 32.2. The Bertz CT molecular complexity index is 2250. The van der Waals surface area contributed by atoms with Gasteiger partial charge in [-0.1, -0.05) is 37.1 Å². The molecule has 6 aliphatic carbocycles. The summed E-state index contributed by atoms with van der Waals surface area (Å²) in [5, 5.41) is 5.88. The van der Waals surface area contributed by atoms with E-state index < -0.39 is 62.8 Å². The first-order valence-electron chi connectivity index (χ1n) is 21.6. The summed E-state index contributed by atoms with van der Waals surface area (Å²) < 4.78 is 40.9. The molecule has 8 aliphatic rings. The second-order valence-corrected chi connectivity index (χ2v) is 20.5. The van der Waals surface area contributed by atoms with Crippen molar-refractivity contribution in [2.24, 2.45) is 29.1 Å². The number of allylic oxidation sites excluding steroid dienone is 2. The Morgan fingerprint density at radius 1 is 0.897 bits per heavy atom. The number of H-pyrrole nitrogens is 1. The van der Waals surface area contributed by atoms with Gasteiger partial charge in [0.15, 0.2) is 11.3 Å². The van der Waals surface area contributed by atoms with Crippen LogP contribution < -0.4 is 25.5 Å². The fraction of sp³-hybridized carbons (Fsp3) is 0.651. The van der Waals surface area contributed by atoms with Gasteiger partial charge in [0.1, 0.15) is 29.8 Å². The zero-order valence-corrected chi connectivity index (χ0v) is 33.5. The molecule has 2 aromatic rings. The molecule has 2 aliphatic heterocycles. The van der Waals surface area contributed by atoms with Gasteiger partial charge in [0.2, 0.25) is 21.8 Å². The number of rotatable bonds is 7. The molecule has 7 fully saturated rings. The van der Waals surface area contributed by atoms with E-state index in [1.807, 2.05) is 24.3 Å². The van der Waals surface area contributed by atoms with Crippen molar-refractivity contribution in [2.75, 3.05) is 6.54 Å². The van der Waals surface area contributed by atoms with Crippen LogP contribution in [0, 0.1) is 29.1 Å². The maximum Gasteiger partial charge on any atom is 0.408 e. The number of pyridine rings is 1. The maximum atomic E-state index is 15.0. The molecule has 1 spiro atoms. The van der Waals surface area contributed by atoms with Crippen molar-refractivity contribution < 1.29 is 37.1 Å². The highest BCUT2D eigenvalue weighted by molar-refractivity contribution is 7.91. The number of ether oxygens (including phenoxy) is 2. The minimum Gasteiger partial charge on any atom is -0.473 e. The molecule has 14 nitrogen and oxygen atoms in total. The van der Waals surface area contributed by atoms with Crippen molar-refractivity contribution in [1.29, 1.82) is 0 Å². The fourth-order valence-corrected chi connectivity index (χ4v) is 12.5. The lowest BCUT2D eigenvalue weighted by Gasteiger charge is -2.32. The van der Waals surface area contributed by atoms with Crippen molar-refractivity contribution in [3.8, 4) is 5.88 Å². The number of sulfonamides is 1. The average Bonchev–Trinajstić information content (AvgIpc) is 4.10. The number of nitrogens with zero attached hydrogens (tertiary/aromatic N) is 1. The molecule has 4 amide bonds. The number of amides is 4. The van der Waals surface area contributed by atoms with E-state index in [4.69, 9.17) is 9.47 Å². The van der Waals surface area contributed by atoms with E-state index in [9.17, 15) is 32.4 Å². The van der Waals surface area contributed by atoms with Crippen LogP contribution in [0.25, 0.3) is 10.9 Å². The number of fused-ring (bicyclic) bond motifs is 4. The van der Waals surface area contributed by atoms with Crippen LogP contribution >= 0.6 is 0 Å². The van der Waals surface area contributed by atoms with Crippen molar-refractivity contribution in [3.05, 3.63) is 52.2 Å². The number of carbonyl (C=O) groups excluding carboxylic acids is 4. The molecule has 2 unspecified atom stereocenters. The van der Waals surface area contributed by atoms with Crippen LogP contribution in [0.15, 0.2) is 41.2 Å². The third-order valence-electron chi connectivity index (χ3n) is 14.9. The molecule has 58 heavy (non-hydrogen) atoms. The summed E-state index contributed by atoms with van der Waals surface area (Å²) in [7, 11) is -3.87. The smallest absolute Gasteiger partial charge is 0.408 e. The number of alkyl carbamates (subject to hydrolysis) is 1. The second kappa shape index (κ2) is 14.1. The highest BCUT2D eigenvalue weighted by Gasteiger charge is 2.67. The molecule has 8 atom stereocenters. The first-order chi connectivity index (χ1) is 28.0. The van der Waals surface area contributed by atoms with Gasteiger partial charge in [0.25, 0.3) is 5.91 Å². The maximum absolute atomic E-state index is 15.0. The number of carbonyl (C=O) groups is 4. The molecule has 310 valence electrons. The Balaban J connectivity index is 0.999. The largest absolute Gasteiger partial charge is 0.473 e. The molecule has 4 N–H and O–H groups in total. The Kier molecular flexibility index (Phi) is 9.21. The van der Waals surface area contributed by atoms with Gasteiger partial charge in [0, 0.05) is 17.2 Å². The minimum absolute atomic E-state index is 0.0181. The molecule has 3 heterocycles. The van der Waals surface area contributed by atoms with E-state index in [0.29, 0.717) is 48.1 Å². The molecule has 0 radical (unpaired) electrons. The van der Waals surface area contributed by atoms with Gasteiger partial charge in [-0.25, -0.2) is 13.2 Å². The molecule has 6 saturated carbocycles. The molecular formula is C43H53N5O9S. The Hall–Kier alpha value is -4.40.